The first-order valence-electron chi connectivity index (χ1n) is 5.46. The van der Waals surface area contributed by atoms with E-state index in [1.165, 1.54) is 11.8 Å². The van der Waals surface area contributed by atoms with Crippen molar-refractivity contribution >= 4 is 27.9 Å². The summed E-state index contributed by atoms with van der Waals surface area (Å²) in [5.74, 6) is 0.765. The maximum Gasteiger partial charge on any atom is 0.274 e. The maximum absolute atomic E-state index is 11.7. The SMILES string of the molecule is CSCC(=O)N1CCCC(CNS(N)(=O)=O)C1. The van der Waals surface area contributed by atoms with Gasteiger partial charge >= 0.3 is 0 Å². The van der Waals surface area contributed by atoms with Crippen LogP contribution < -0.4 is 9.86 Å². The van der Waals surface area contributed by atoms with Gasteiger partial charge in [-0.15, -0.1) is 0 Å². The molecule has 0 saturated carbocycles. The minimum Gasteiger partial charge on any atom is -0.342 e. The normalized spacial score (nSPS) is 21.5. The zero-order chi connectivity index (χ0) is 12.9. The van der Waals surface area contributed by atoms with Crippen LogP contribution in [0.4, 0.5) is 0 Å². The van der Waals surface area contributed by atoms with Crippen LogP contribution in [0.5, 0.6) is 0 Å². The lowest BCUT2D eigenvalue weighted by molar-refractivity contribution is -0.130. The fraction of sp³-hybridized carbons (Fsp3) is 0.889. The maximum atomic E-state index is 11.7. The van der Waals surface area contributed by atoms with Gasteiger partial charge in [-0.3, -0.25) is 4.79 Å². The van der Waals surface area contributed by atoms with Crippen LogP contribution in [0.2, 0.25) is 0 Å². The molecule has 1 rings (SSSR count). The standard InChI is InChI=1S/C9H19N3O3S2/c1-16-7-9(13)12-4-2-3-8(6-12)5-11-17(10,14)15/h8,11H,2-7H2,1H3,(H2,10,14,15). The fourth-order valence-corrected chi connectivity index (χ4v) is 2.80. The van der Waals surface area contributed by atoms with Crippen molar-refractivity contribution in [3.8, 4) is 0 Å². The lowest BCUT2D eigenvalue weighted by Gasteiger charge is -2.32. The predicted molar refractivity (Wildman–Crippen MR) is 68.8 cm³/mol. The van der Waals surface area contributed by atoms with Gasteiger partial charge in [0, 0.05) is 19.6 Å². The van der Waals surface area contributed by atoms with Crippen molar-refractivity contribution < 1.29 is 13.2 Å². The van der Waals surface area contributed by atoms with Gasteiger partial charge in [-0.25, -0.2) is 9.86 Å². The summed E-state index contributed by atoms with van der Waals surface area (Å²) in [4.78, 5) is 13.5. The monoisotopic (exact) mass is 281 g/mol. The summed E-state index contributed by atoms with van der Waals surface area (Å²) < 4.78 is 23.8. The molecule has 0 aromatic heterocycles. The molecular weight excluding hydrogens is 262 g/mol. The van der Waals surface area contributed by atoms with Crippen LogP contribution in [0, 0.1) is 5.92 Å². The molecule has 1 unspecified atom stereocenters. The number of rotatable bonds is 5. The van der Waals surface area contributed by atoms with Gasteiger partial charge in [0.05, 0.1) is 5.75 Å². The quantitative estimate of drug-likeness (QED) is 0.702. The molecule has 0 radical (unpaired) electrons. The molecule has 0 aromatic rings. The first-order valence-corrected chi connectivity index (χ1v) is 8.40. The Morgan fingerprint density at radius 1 is 1.59 bits per heavy atom. The van der Waals surface area contributed by atoms with E-state index in [1.807, 2.05) is 6.26 Å². The van der Waals surface area contributed by atoms with Crippen LogP contribution in [-0.2, 0) is 15.0 Å². The average molecular weight is 281 g/mol. The van der Waals surface area contributed by atoms with Gasteiger partial charge in [0.15, 0.2) is 0 Å². The van der Waals surface area contributed by atoms with Crippen molar-refractivity contribution in [1.29, 1.82) is 0 Å². The highest BCUT2D eigenvalue weighted by Gasteiger charge is 2.23. The number of thioether (sulfide) groups is 1. The second-order valence-corrected chi connectivity index (χ2v) is 6.42. The molecular formula is C9H19N3O3S2. The molecule has 1 fully saturated rings. The van der Waals surface area contributed by atoms with Crippen LogP contribution >= 0.6 is 11.8 Å². The van der Waals surface area contributed by atoms with Crippen molar-refractivity contribution in [3.63, 3.8) is 0 Å². The Morgan fingerprint density at radius 3 is 2.88 bits per heavy atom. The Labute approximate surface area is 106 Å². The topological polar surface area (TPSA) is 92.5 Å². The lowest BCUT2D eigenvalue weighted by Crippen LogP contribution is -2.45. The largest absolute Gasteiger partial charge is 0.342 e. The summed E-state index contributed by atoms with van der Waals surface area (Å²) in [7, 11) is -3.63. The Morgan fingerprint density at radius 2 is 2.29 bits per heavy atom. The van der Waals surface area contributed by atoms with E-state index >= 15 is 0 Å². The summed E-state index contributed by atoms with van der Waals surface area (Å²) in [6.45, 7) is 1.69. The molecule has 1 heterocycles. The Balaban J connectivity index is 2.41. The minimum atomic E-state index is -3.63. The lowest BCUT2D eigenvalue weighted by atomic mass is 9.98. The van der Waals surface area contributed by atoms with E-state index in [1.54, 1.807) is 4.90 Å². The molecule has 1 aliphatic heterocycles. The molecule has 1 amide bonds. The second kappa shape index (κ2) is 6.58. The zero-order valence-corrected chi connectivity index (χ0v) is 11.5. The molecule has 0 aliphatic carbocycles. The summed E-state index contributed by atoms with van der Waals surface area (Å²) >= 11 is 1.50. The highest BCUT2D eigenvalue weighted by molar-refractivity contribution is 7.99. The summed E-state index contributed by atoms with van der Waals surface area (Å²) in [5, 5.41) is 4.87. The second-order valence-electron chi connectivity index (χ2n) is 4.17. The molecule has 6 nitrogen and oxygen atoms in total. The van der Waals surface area contributed by atoms with Gasteiger partial charge in [-0.1, -0.05) is 0 Å². The number of piperidine rings is 1. The van der Waals surface area contributed by atoms with Crippen molar-refractivity contribution in [1.82, 2.24) is 9.62 Å². The first-order chi connectivity index (χ1) is 7.92. The number of carbonyl (C=O) groups is 1. The van der Waals surface area contributed by atoms with E-state index in [0.717, 1.165) is 19.4 Å². The van der Waals surface area contributed by atoms with Crippen LogP contribution in [0.3, 0.4) is 0 Å². The minimum absolute atomic E-state index is 0.123. The molecule has 3 N–H and O–H groups in total. The summed E-state index contributed by atoms with van der Waals surface area (Å²) in [6.07, 6.45) is 3.73. The van der Waals surface area contributed by atoms with Gasteiger partial charge in [-0.2, -0.15) is 20.2 Å². The molecule has 0 bridgehead atoms. The van der Waals surface area contributed by atoms with Crippen molar-refractivity contribution in [2.24, 2.45) is 11.1 Å². The Bertz CT molecular complexity index is 358. The Kier molecular flexibility index (Phi) is 5.71. The number of likely N-dealkylation sites (tertiary alicyclic amines) is 1. The molecule has 100 valence electrons. The number of hydrogen-bond donors (Lipinski definition) is 2. The highest BCUT2D eigenvalue weighted by atomic mass is 32.2. The summed E-state index contributed by atoms with van der Waals surface area (Å²) in [5.41, 5.74) is 0. The van der Waals surface area contributed by atoms with Gasteiger partial charge in [0.1, 0.15) is 0 Å². The van der Waals surface area contributed by atoms with Crippen molar-refractivity contribution in [3.05, 3.63) is 0 Å². The molecule has 1 atom stereocenters. The third-order valence-electron chi connectivity index (χ3n) is 2.71. The third kappa shape index (κ3) is 5.71. The number of hydrogen-bond acceptors (Lipinski definition) is 4. The van der Waals surface area contributed by atoms with Crippen LogP contribution in [-0.4, -0.2) is 50.9 Å². The smallest absolute Gasteiger partial charge is 0.274 e. The number of amides is 1. The van der Waals surface area contributed by atoms with E-state index in [9.17, 15) is 13.2 Å². The molecule has 17 heavy (non-hydrogen) atoms. The van der Waals surface area contributed by atoms with E-state index in [-0.39, 0.29) is 11.8 Å². The zero-order valence-electron chi connectivity index (χ0n) is 9.89. The average Bonchev–Trinajstić information content (AvgIpc) is 2.26. The highest BCUT2D eigenvalue weighted by Crippen LogP contribution is 2.16. The fourth-order valence-electron chi connectivity index (χ4n) is 1.91. The van der Waals surface area contributed by atoms with Gasteiger partial charge in [0.2, 0.25) is 5.91 Å². The first kappa shape index (κ1) is 14.7. The van der Waals surface area contributed by atoms with Gasteiger partial charge in [-0.05, 0) is 25.0 Å². The van der Waals surface area contributed by atoms with Crippen molar-refractivity contribution in [2.75, 3.05) is 31.6 Å². The third-order valence-corrected chi connectivity index (χ3v) is 3.82. The van der Waals surface area contributed by atoms with Crippen LogP contribution in [0.25, 0.3) is 0 Å². The van der Waals surface area contributed by atoms with Crippen LogP contribution in [0.15, 0.2) is 0 Å². The van der Waals surface area contributed by atoms with E-state index in [2.05, 4.69) is 4.72 Å². The Hall–Kier alpha value is -0.310. The molecule has 0 spiro atoms. The van der Waals surface area contributed by atoms with E-state index in [4.69, 9.17) is 5.14 Å². The van der Waals surface area contributed by atoms with Gasteiger partial charge < -0.3 is 4.90 Å². The number of nitrogens with zero attached hydrogens (tertiary/aromatic N) is 1. The van der Waals surface area contributed by atoms with E-state index in [0.29, 0.717) is 18.8 Å². The van der Waals surface area contributed by atoms with Gasteiger partial charge in [0.25, 0.3) is 10.2 Å². The van der Waals surface area contributed by atoms with Crippen LogP contribution in [0.1, 0.15) is 12.8 Å². The number of nitrogens with two attached hydrogens (primary N) is 1. The number of nitrogens with one attached hydrogen (secondary N) is 1. The number of carbonyl (C=O) groups excluding carboxylic acids is 1. The summed E-state index contributed by atoms with van der Waals surface area (Å²) in [6, 6.07) is 0. The van der Waals surface area contributed by atoms with E-state index < -0.39 is 10.2 Å². The molecule has 1 saturated heterocycles. The molecule has 1 aliphatic rings. The van der Waals surface area contributed by atoms with Crippen molar-refractivity contribution in [2.45, 2.75) is 12.8 Å². The molecule has 8 heteroatoms. The molecule has 0 aromatic carbocycles. The predicted octanol–water partition coefficient (Wildman–Crippen LogP) is -0.619.